The Bertz CT molecular complexity index is 1150. The first-order valence-electron chi connectivity index (χ1n) is 10.0. The Kier molecular flexibility index (Phi) is 9.47. The van der Waals surface area contributed by atoms with Crippen LogP contribution < -0.4 is 5.32 Å². The highest BCUT2D eigenvalue weighted by atomic mass is 127. The lowest BCUT2D eigenvalue weighted by molar-refractivity contribution is -0.137. The van der Waals surface area contributed by atoms with Crippen molar-refractivity contribution in [1.29, 1.82) is 0 Å². The number of halogens is 4. The third-order valence-electron chi connectivity index (χ3n) is 4.45. The fourth-order valence-corrected chi connectivity index (χ4v) is 3.59. The number of carbonyl (C=O) groups excluding carboxylic acids is 1. The second kappa shape index (κ2) is 11.6. The average Bonchev–Trinajstić information content (AvgIpc) is 2.77. The van der Waals surface area contributed by atoms with Gasteiger partial charge in [0, 0.05) is 38.4 Å². The first-order valence-corrected chi connectivity index (χ1v) is 13.4. The molecule has 0 aliphatic carbocycles. The second-order valence-corrected chi connectivity index (χ2v) is 8.61. The van der Waals surface area contributed by atoms with Crippen molar-refractivity contribution >= 4 is 46.8 Å². The molecule has 3 rings (SSSR count). The fraction of sp³-hybridized carbons (Fsp3) is 0.240. The summed E-state index contributed by atoms with van der Waals surface area (Å²) in [6.07, 6.45) is -4.38. The standard InChI is InChI=1S/C23H17F3INOS.C2H6/c1-14(2)28-22(29)17-6-10-20-19(9-5-16(11-12-30-27)21(20)13-17)15-3-7-18(8-4-15)23(24,25)26;1-2/h3-10,13-14H,1-2H3,(H,28,29);1-2H3. The molecule has 1 N–H and O–H groups in total. The SMILES string of the molecule is CC.CC(C)NC(=O)c1ccc2c(-c3ccc(C(F)(F)F)cc3)ccc(C#CSI)c2c1. The maximum absolute atomic E-state index is 12.9. The Hall–Kier alpha value is -2.18. The van der Waals surface area contributed by atoms with Crippen molar-refractivity contribution in [3.8, 4) is 22.3 Å². The minimum atomic E-state index is -4.38. The number of hydrogen-bond acceptors (Lipinski definition) is 2. The zero-order valence-electron chi connectivity index (χ0n) is 18.1. The Morgan fingerprint density at radius 3 is 2.22 bits per heavy atom. The maximum atomic E-state index is 12.9. The number of fused-ring (bicyclic) bond motifs is 1. The van der Waals surface area contributed by atoms with Gasteiger partial charge < -0.3 is 5.32 Å². The molecule has 0 aliphatic rings. The third-order valence-corrected chi connectivity index (χ3v) is 5.29. The molecule has 0 spiro atoms. The maximum Gasteiger partial charge on any atom is 0.416 e. The van der Waals surface area contributed by atoms with Crippen LogP contribution in [0.5, 0.6) is 0 Å². The largest absolute Gasteiger partial charge is 0.416 e. The van der Waals surface area contributed by atoms with E-state index >= 15 is 0 Å². The van der Waals surface area contributed by atoms with E-state index in [2.05, 4.69) is 37.7 Å². The van der Waals surface area contributed by atoms with Crippen LogP contribution in [0.3, 0.4) is 0 Å². The van der Waals surface area contributed by atoms with Gasteiger partial charge in [-0.05, 0) is 80.3 Å². The van der Waals surface area contributed by atoms with E-state index in [1.165, 1.54) is 21.1 Å². The zero-order chi connectivity index (χ0) is 23.9. The van der Waals surface area contributed by atoms with E-state index in [4.69, 9.17) is 0 Å². The summed E-state index contributed by atoms with van der Waals surface area (Å²) >= 11 is 2.08. The lowest BCUT2D eigenvalue weighted by atomic mass is 9.93. The van der Waals surface area contributed by atoms with Gasteiger partial charge in [-0.1, -0.05) is 44.0 Å². The van der Waals surface area contributed by atoms with Gasteiger partial charge >= 0.3 is 6.18 Å². The zero-order valence-corrected chi connectivity index (χ0v) is 21.1. The van der Waals surface area contributed by atoms with Crippen LogP contribution >= 0.6 is 30.1 Å². The molecule has 0 saturated carbocycles. The summed E-state index contributed by atoms with van der Waals surface area (Å²) in [5, 5.41) is 7.41. The molecule has 0 atom stereocenters. The van der Waals surface area contributed by atoms with Gasteiger partial charge in [0.05, 0.1) is 5.56 Å². The van der Waals surface area contributed by atoms with Crippen LogP contribution in [0, 0.1) is 11.2 Å². The quantitative estimate of drug-likeness (QED) is 0.255. The highest BCUT2D eigenvalue weighted by Crippen LogP contribution is 2.34. The van der Waals surface area contributed by atoms with E-state index in [1.807, 2.05) is 45.9 Å². The predicted octanol–water partition coefficient (Wildman–Crippen LogP) is 8.08. The van der Waals surface area contributed by atoms with E-state index in [9.17, 15) is 18.0 Å². The van der Waals surface area contributed by atoms with Gasteiger partial charge in [0.15, 0.2) is 0 Å². The molecule has 0 bridgehead atoms. The molecule has 0 radical (unpaired) electrons. The van der Waals surface area contributed by atoms with E-state index in [1.54, 1.807) is 12.1 Å². The van der Waals surface area contributed by atoms with Crippen LogP contribution in [-0.4, -0.2) is 11.9 Å². The van der Waals surface area contributed by atoms with Crippen molar-refractivity contribution in [3.05, 3.63) is 71.3 Å². The molecule has 0 saturated heterocycles. The van der Waals surface area contributed by atoms with Crippen molar-refractivity contribution in [3.63, 3.8) is 0 Å². The minimum Gasteiger partial charge on any atom is -0.350 e. The van der Waals surface area contributed by atoms with E-state index in [0.29, 0.717) is 11.1 Å². The van der Waals surface area contributed by atoms with Gasteiger partial charge in [-0.15, -0.1) is 0 Å². The number of rotatable bonds is 3. The predicted molar refractivity (Wildman–Crippen MR) is 137 cm³/mol. The Morgan fingerprint density at radius 1 is 1.00 bits per heavy atom. The summed E-state index contributed by atoms with van der Waals surface area (Å²) in [5.74, 6) is 2.89. The number of nitrogens with one attached hydrogen (secondary N) is 1. The Labute approximate surface area is 202 Å². The van der Waals surface area contributed by atoms with Crippen LogP contribution in [0.2, 0.25) is 0 Å². The molecule has 3 aromatic rings. The summed E-state index contributed by atoms with van der Waals surface area (Å²) < 4.78 is 38.7. The summed E-state index contributed by atoms with van der Waals surface area (Å²) in [6.45, 7) is 7.77. The molecule has 1 amide bonds. The Morgan fingerprint density at radius 2 is 1.66 bits per heavy atom. The molecule has 7 heteroatoms. The third kappa shape index (κ3) is 6.42. The van der Waals surface area contributed by atoms with E-state index in [0.717, 1.165) is 34.0 Å². The van der Waals surface area contributed by atoms with Crippen molar-refractivity contribution in [2.45, 2.75) is 39.9 Å². The van der Waals surface area contributed by atoms with Crippen LogP contribution in [0.15, 0.2) is 54.6 Å². The van der Waals surface area contributed by atoms with Crippen LogP contribution in [0.1, 0.15) is 49.2 Å². The molecular formula is C25H23F3INOS. The number of hydrogen-bond donors (Lipinski definition) is 1. The van der Waals surface area contributed by atoms with Crippen molar-refractivity contribution < 1.29 is 18.0 Å². The van der Waals surface area contributed by atoms with Gasteiger partial charge in [-0.2, -0.15) is 13.2 Å². The summed E-state index contributed by atoms with van der Waals surface area (Å²) in [4.78, 5) is 12.5. The Balaban J connectivity index is 0.00000176. The minimum absolute atomic E-state index is 0.00126. The highest BCUT2D eigenvalue weighted by Gasteiger charge is 2.30. The van der Waals surface area contributed by atoms with Gasteiger partial charge in [-0.25, -0.2) is 0 Å². The summed E-state index contributed by atoms with van der Waals surface area (Å²) in [6, 6.07) is 14.1. The highest BCUT2D eigenvalue weighted by molar-refractivity contribution is 14.2. The monoisotopic (exact) mass is 569 g/mol. The van der Waals surface area contributed by atoms with Gasteiger partial charge in [0.1, 0.15) is 0 Å². The summed E-state index contributed by atoms with van der Waals surface area (Å²) in [7, 11) is 1.35. The van der Waals surface area contributed by atoms with Crippen LogP contribution in [0.25, 0.3) is 21.9 Å². The van der Waals surface area contributed by atoms with Crippen LogP contribution in [0.4, 0.5) is 13.2 Å². The van der Waals surface area contributed by atoms with Crippen molar-refractivity contribution in [1.82, 2.24) is 5.32 Å². The van der Waals surface area contributed by atoms with E-state index in [-0.39, 0.29) is 11.9 Å². The van der Waals surface area contributed by atoms with Crippen molar-refractivity contribution in [2.75, 3.05) is 0 Å². The summed E-state index contributed by atoms with van der Waals surface area (Å²) in [5.41, 5.74) is 2.01. The number of amides is 1. The average molecular weight is 569 g/mol. The molecule has 0 fully saturated rings. The molecule has 0 unspecified atom stereocenters. The molecular weight excluding hydrogens is 546 g/mol. The molecule has 0 aromatic heterocycles. The van der Waals surface area contributed by atoms with Gasteiger partial charge in [-0.3, -0.25) is 4.79 Å². The van der Waals surface area contributed by atoms with E-state index < -0.39 is 11.7 Å². The molecule has 2 nitrogen and oxygen atoms in total. The molecule has 0 heterocycles. The number of carbonyl (C=O) groups is 1. The first-order chi connectivity index (χ1) is 15.2. The number of alkyl halides is 3. The molecule has 3 aromatic carbocycles. The number of benzene rings is 3. The fourth-order valence-electron chi connectivity index (χ4n) is 3.11. The smallest absolute Gasteiger partial charge is 0.350 e. The van der Waals surface area contributed by atoms with Gasteiger partial charge in [0.2, 0.25) is 0 Å². The molecule has 0 aliphatic heterocycles. The molecule has 168 valence electrons. The second-order valence-electron chi connectivity index (χ2n) is 6.93. The van der Waals surface area contributed by atoms with Gasteiger partial charge in [0.25, 0.3) is 5.91 Å². The normalized spacial score (nSPS) is 10.8. The van der Waals surface area contributed by atoms with Crippen LogP contribution in [-0.2, 0) is 6.18 Å². The van der Waals surface area contributed by atoms with Crippen molar-refractivity contribution in [2.24, 2.45) is 0 Å². The first kappa shape index (κ1) is 26.1. The lowest BCUT2D eigenvalue weighted by Crippen LogP contribution is -2.30. The topological polar surface area (TPSA) is 29.1 Å². The molecule has 32 heavy (non-hydrogen) atoms. The lowest BCUT2D eigenvalue weighted by Gasteiger charge is -2.13.